The maximum Gasteiger partial charge on any atom is 0.228 e. The van der Waals surface area contributed by atoms with Crippen molar-refractivity contribution in [3.05, 3.63) is 58.1 Å². The van der Waals surface area contributed by atoms with Crippen LogP contribution >= 0.6 is 35.8 Å². The molecule has 2 aromatic carbocycles. The largest absolute Gasteiger partial charge is 0.323 e. The predicted molar refractivity (Wildman–Crippen MR) is 82.5 cm³/mol. The number of para-hydroxylation sites is 1. The number of thiol groups is 1. The van der Waals surface area contributed by atoms with E-state index in [1.54, 1.807) is 18.2 Å². The Morgan fingerprint density at radius 2 is 1.63 bits per heavy atom. The summed E-state index contributed by atoms with van der Waals surface area (Å²) in [5.74, 6) is -0.165. The van der Waals surface area contributed by atoms with Crippen LogP contribution in [0.2, 0.25) is 10.0 Å². The molecule has 0 aliphatic heterocycles. The molecule has 0 aliphatic carbocycles. The smallest absolute Gasteiger partial charge is 0.228 e. The maximum atomic E-state index is 11.9. The molecule has 0 heterocycles. The molecule has 0 saturated carbocycles. The van der Waals surface area contributed by atoms with E-state index in [1.807, 2.05) is 24.3 Å². The van der Waals surface area contributed by atoms with Gasteiger partial charge < -0.3 is 5.32 Å². The van der Waals surface area contributed by atoms with Gasteiger partial charge in [-0.3, -0.25) is 4.79 Å². The van der Waals surface area contributed by atoms with Gasteiger partial charge in [0.25, 0.3) is 0 Å². The molecule has 0 atom stereocenters. The molecule has 5 heteroatoms. The number of hydrogen-bond donors (Lipinski definition) is 2. The highest BCUT2D eigenvalue weighted by molar-refractivity contribution is 7.80. The van der Waals surface area contributed by atoms with E-state index < -0.39 is 0 Å². The average molecular weight is 312 g/mol. The van der Waals surface area contributed by atoms with E-state index in [4.69, 9.17) is 23.2 Å². The van der Waals surface area contributed by atoms with E-state index in [9.17, 15) is 4.79 Å². The fourth-order valence-corrected chi connectivity index (χ4v) is 2.24. The fourth-order valence-electron chi connectivity index (χ4n) is 1.60. The second-order valence-electron chi connectivity index (χ2n) is 3.99. The van der Waals surface area contributed by atoms with Crippen LogP contribution in [-0.2, 0) is 11.2 Å². The summed E-state index contributed by atoms with van der Waals surface area (Å²) < 4.78 is 0. The summed E-state index contributed by atoms with van der Waals surface area (Å²) in [4.78, 5) is 12.8. The number of anilines is 1. The van der Waals surface area contributed by atoms with E-state index in [1.165, 1.54) is 0 Å². The number of nitrogens with one attached hydrogen (secondary N) is 1. The highest BCUT2D eigenvalue weighted by atomic mass is 35.5. The molecular weight excluding hydrogens is 301 g/mol. The quantitative estimate of drug-likeness (QED) is 0.805. The van der Waals surface area contributed by atoms with Crippen molar-refractivity contribution < 1.29 is 4.79 Å². The van der Waals surface area contributed by atoms with Gasteiger partial charge in [-0.15, -0.1) is 12.6 Å². The minimum absolute atomic E-state index is 0.165. The second kappa shape index (κ2) is 6.33. The fraction of sp³-hybridized carbons (Fsp3) is 0.0714. The zero-order valence-corrected chi connectivity index (χ0v) is 12.3. The van der Waals surface area contributed by atoms with E-state index in [2.05, 4.69) is 17.9 Å². The lowest BCUT2D eigenvalue weighted by Crippen LogP contribution is -2.15. The molecule has 98 valence electrons. The number of carbonyl (C=O) groups is 1. The second-order valence-corrected chi connectivity index (χ2v) is 5.32. The molecule has 0 fully saturated rings. The van der Waals surface area contributed by atoms with Gasteiger partial charge in [0.2, 0.25) is 5.91 Å². The summed E-state index contributed by atoms with van der Waals surface area (Å²) in [6, 6.07) is 12.5. The van der Waals surface area contributed by atoms with Crippen molar-refractivity contribution in [3.63, 3.8) is 0 Å². The number of benzene rings is 2. The van der Waals surface area contributed by atoms with Gasteiger partial charge in [-0.1, -0.05) is 41.4 Å². The van der Waals surface area contributed by atoms with Crippen LogP contribution in [0.1, 0.15) is 5.56 Å². The number of hydrogen-bond acceptors (Lipinski definition) is 2. The van der Waals surface area contributed by atoms with E-state index >= 15 is 0 Å². The van der Waals surface area contributed by atoms with Gasteiger partial charge in [-0.2, -0.15) is 0 Å². The van der Waals surface area contributed by atoms with Crippen molar-refractivity contribution in [1.82, 2.24) is 0 Å². The average Bonchev–Trinajstić information content (AvgIpc) is 2.37. The van der Waals surface area contributed by atoms with E-state index in [0.29, 0.717) is 15.7 Å². The summed E-state index contributed by atoms with van der Waals surface area (Å²) in [5, 5.41) is 3.57. The third-order valence-corrected chi connectivity index (χ3v) is 3.46. The topological polar surface area (TPSA) is 29.1 Å². The first-order valence-corrected chi connectivity index (χ1v) is 6.78. The maximum absolute atomic E-state index is 11.9. The predicted octanol–water partition coefficient (Wildman–Crippen LogP) is 4.46. The standard InChI is InChI=1S/C14H11Cl2NOS/c15-11-2-1-3-12(16)14(11)17-13(18)8-9-4-6-10(19)7-5-9/h1-7,19H,8H2,(H,17,18). The number of halogens is 2. The third-order valence-electron chi connectivity index (χ3n) is 2.53. The highest BCUT2D eigenvalue weighted by Crippen LogP contribution is 2.29. The van der Waals surface area contributed by atoms with Gasteiger partial charge in [-0.25, -0.2) is 0 Å². The first-order valence-electron chi connectivity index (χ1n) is 5.58. The Bertz CT molecular complexity index is 579. The molecule has 0 unspecified atom stereocenters. The Kier molecular flexibility index (Phi) is 4.75. The van der Waals surface area contributed by atoms with Crippen molar-refractivity contribution in [1.29, 1.82) is 0 Å². The molecular formula is C14H11Cl2NOS. The Balaban J connectivity index is 2.07. The van der Waals surface area contributed by atoms with Crippen LogP contribution in [0.5, 0.6) is 0 Å². The van der Waals surface area contributed by atoms with Crippen molar-refractivity contribution in [3.8, 4) is 0 Å². The molecule has 2 aromatic rings. The third kappa shape index (κ3) is 3.90. The van der Waals surface area contributed by atoms with Crippen molar-refractivity contribution >= 4 is 47.4 Å². The van der Waals surface area contributed by atoms with Gasteiger partial charge in [0.15, 0.2) is 0 Å². The Morgan fingerprint density at radius 3 is 2.21 bits per heavy atom. The Hall–Kier alpha value is -1.16. The zero-order valence-electron chi connectivity index (χ0n) is 9.86. The van der Waals surface area contributed by atoms with E-state index in [-0.39, 0.29) is 12.3 Å². The monoisotopic (exact) mass is 311 g/mol. The van der Waals surface area contributed by atoms with Gasteiger partial charge in [0.05, 0.1) is 22.2 Å². The van der Waals surface area contributed by atoms with Crippen molar-refractivity contribution in [2.24, 2.45) is 0 Å². The summed E-state index contributed by atoms with van der Waals surface area (Å²) >= 11 is 16.2. The molecule has 2 nitrogen and oxygen atoms in total. The molecule has 1 N–H and O–H groups in total. The van der Waals surface area contributed by atoms with Crippen molar-refractivity contribution in [2.45, 2.75) is 11.3 Å². The van der Waals surface area contributed by atoms with Gasteiger partial charge >= 0.3 is 0 Å². The van der Waals surface area contributed by atoms with Gasteiger partial charge in [-0.05, 0) is 29.8 Å². The number of rotatable bonds is 3. The molecule has 0 radical (unpaired) electrons. The molecule has 19 heavy (non-hydrogen) atoms. The number of carbonyl (C=O) groups excluding carboxylic acids is 1. The van der Waals surface area contributed by atoms with E-state index in [0.717, 1.165) is 10.5 Å². The lowest BCUT2D eigenvalue weighted by molar-refractivity contribution is -0.115. The normalized spacial score (nSPS) is 10.3. The van der Waals surface area contributed by atoms with Crippen LogP contribution < -0.4 is 5.32 Å². The van der Waals surface area contributed by atoms with Crippen LogP contribution in [0.3, 0.4) is 0 Å². The molecule has 2 rings (SSSR count). The first kappa shape index (κ1) is 14.3. The number of amides is 1. The van der Waals surface area contributed by atoms with Crippen molar-refractivity contribution in [2.75, 3.05) is 5.32 Å². The van der Waals surface area contributed by atoms with Gasteiger partial charge in [0.1, 0.15) is 0 Å². The zero-order chi connectivity index (χ0) is 13.8. The molecule has 0 bridgehead atoms. The SMILES string of the molecule is O=C(Cc1ccc(S)cc1)Nc1c(Cl)cccc1Cl. The molecule has 0 aliphatic rings. The lowest BCUT2D eigenvalue weighted by atomic mass is 10.1. The van der Waals surface area contributed by atoms with Crippen LogP contribution in [-0.4, -0.2) is 5.91 Å². The molecule has 0 spiro atoms. The Morgan fingerprint density at radius 1 is 1.05 bits per heavy atom. The van der Waals surface area contributed by atoms with Crippen LogP contribution in [0.25, 0.3) is 0 Å². The Labute approximate surface area is 127 Å². The first-order chi connectivity index (χ1) is 9.06. The summed E-state index contributed by atoms with van der Waals surface area (Å²) in [7, 11) is 0. The molecule has 1 amide bonds. The summed E-state index contributed by atoms with van der Waals surface area (Å²) in [6.07, 6.45) is 0.260. The molecule has 0 saturated heterocycles. The van der Waals surface area contributed by atoms with Crippen LogP contribution in [0.4, 0.5) is 5.69 Å². The molecule has 0 aromatic heterocycles. The summed E-state index contributed by atoms with van der Waals surface area (Å²) in [5.41, 5.74) is 1.35. The van der Waals surface area contributed by atoms with Gasteiger partial charge in [0, 0.05) is 4.90 Å². The van der Waals surface area contributed by atoms with Crippen LogP contribution in [0, 0.1) is 0 Å². The lowest BCUT2D eigenvalue weighted by Gasteiger charge is -2.09. The minimum Gasteiger partial charge on any atom is -0.323 e. The van der Waals surface area contributed by atoms with Crippen LogP contribution in [0.15, 0.2) is 47.4 Å². The summed E-state index contributed by atoms with van der Waals surface area (Å²) in [6.45, 7) is 0. The highest BCUT2D eigenvalue weighted by Gasteiger charge is 2.10. The minimum atomic E-state index is -0.165.